The van der Waals surface area contributed by atoms with Crippen LogP contribution in [0.3, 0.4) is 0 Å². The van der Waals surface area contributed by atoms with Crippen LogP contribution >= 0.6 is 0 Å². The van der Waals surface area contributed by atoms with Crippen LogP contribution < -0.4 is 5.32 Å². The van der Waals surface area contributed by atoms with Gasteiger partial charge in [-0.3, -0.25) is 9.69 Å². The zero-order valence-electron chi connectivity index (χ0n) is 21.6. The molecule has 3 aromatic carbocycles. The maximum Gasteiger partial charge on any atom is 0.251 e. The summed E-state index contributed by atoms with van der Waals surface area (Å²) in [5, 5.41) is 13.4. The van der Waals surface area contributed by atoms with Crippen LogP contribution in [-0.2, 0) is 5.41 Å². The minimum absolute atomic E-state index is 0.0208. The number of nitriles is 1. The van der Waals surface area contributed by atoms with Crippen molar-refractivity contribution in [1.29, 1.82) is 5.26 Å². The van der Waals surface area contributed by atoms with Gasteiger partial charge in [0.1, 0.15) is 5.41 Å². The Bertz CT molecular complexity index is 1220. The molecule has 1 N–H and O–H groups in total. The smallest absolute Gasteiger partial charge is 0.251 e. The van der Waals surface area contributed by atoms with Gasteiger partial charge in [0, 0.05) is 30.7 Å². The molecule has 4 heteroatoms. The van der Waals surface area contributed by atoms with Gasteiger partial charge in [-0.2, -0.15) is 5.26 Å². The first-order valence-electron chi connectivity index (χ1n) is 13.5. The van der Waals surface area contributed by atoms with Gasteiger partial charge in [0.2, 0.25) is 0 Å². The quantitative estimate of drug-likeness (QED) is 0.401. The third-order valence-corrected chi connectivity index (χ3v) is 8.12. The molecule has 2 aliphatic rings. The molecule has 0 aliphatic carbocycles. The lowest BCUT2D eigenvalue weighted by Crippen LogP contribution is -2.43. The third-order valence-electron chi connectivity index (χ3n) is 8.12. The average Bonchev–Trinajstić information content (AvgIpc) is 3.18. The van der Waals surface area contributed by atoms with Crippen molar-refractivity contribution < 1.29 is 4.79 Å². The van der Waals surface area contributed by atoms with Gasteiger partial charge in [-0.25, -0.2) is 0 Å². The molecule has 2 fully saturated rings. The molecule has 188 valence electrons. The van der Waals surface area contributed by atoms with Crippen molar-refractivity contribution in [1.82, 2.24) is 10.2 Å². The fourth-order valence-electron chi connectivity index (χ4n) is 6.24. The lowest BCUT2D eigenvalue weighted by Gasteiger charge is -2.38. The van der Waals surface area contributed by atoms with E-state index < -0.39 is 5.41 Å². The van der Waals surface area contributed by atoms with E-state index >= 15 is 0 Å². The number of hydrogen-bond donors (Lipinski definition) is 1. The maximum absolute atomic E-state index is 12.1. The van der Waals surface area contributed by atoms with Crippen LogP contribution in [0.4, 0.5) is 0 Å². The third kappa shape index (κ3) is 5.24. The molecule has 2 saturated heterocycles. The minimum atomic E-state index is -0.649. The highest BCUT2D eigenvalue weighted by Crippen LogP contribution is 2.42. The summed E-state index contributed by atoms with van der Waals surface area (Å²) in [6.07, 6.45) is 7.68. The van der Waals surface area contributed by atoms with Gasteiger partial charge in [-0.1, -0.05) is 84.4 Å². The molecule has 2 bridgehead atoms. The lowest BCUT2D eigenvalue weighted by atomic mass is 9.73. The van der Waals surface area contributed by atoms with Crippen LogP contribution in [-0.4, -0.2) is 36.0 Å². The van der Waals surface area contributed by atoms with Gasteiger partial charge in [0.15, 0.2) is 0 Å². The number of nitrogens with zero attached hydrogens (tertiary/aromatic N) is 2. The standard InChI is InChI=1S/C33H35N3O/c1-2-35-32(37)27-15-13-25(14-16-27)21-26-22-30-17-18-31(23-26)36(30)20-19-33(24-34,28-9-5-3-6-10-28)29-11-7-4-8-12-29/h3-16,21,30-31H,2,17-20,22-23H2,1H3,(H,35,37). The zero-order valence-corrected chi connectivity index (χ0v) is 21.6. The molecule has 0 saturated carbocycles. The molecule has 0 aromatic heterocycles. The van der Waals surface area contributed by atoms with Crippen LogP contribution in [0.2, 0.25) is 0 Å². The van der Waals surface area contributed by atoms with E-state index in [0.29, 0.717) is 24.2 Å². The average molecular weight is 490 g/mol. The molecule has 0 radical (unpaired) electrons. The lowest BCUT2D eigenvalue weighted by molar-refractivity contribution is 0.0956. The molecular weight excluding hydrogens is 454 g/mol. The fraction of sp³-hybridized carbons (Fsp3) is 0.333. The molecule has 3 aromatic rings. The topological polar surface area (TPSA) is 56.1 Å². The van der Waals surface area contributed by atoms with Gasteiger partial charge in [-0.15, -0.1) is 0 Å². The Morgan fingerprint density at radius 2 is 1.51 bits per heavy atom. The Balaban J connectivity index is 1.30. The van der Waals surface area contributed by atoms with Crippen LogP contribution in [0.1, 0.15) is 66.1 Å². The zero-order chi connectivity index (χ0) is 25.7. The van der Waals surface area contributed by atoms with Crippen molar-refractivity contribution in [2.75, 3.05) is 13.1 Å². The number of fused-ring (bicyclic) bond motifs is 2. The van der Waals surface area contributed by atoms with Gasteiger partial charge < -0.3 is 5.32 Å². The SMILES string of the molecule is CCNC(=O)c1ccc(C=C2CC3CCC(C2)N3CCC(C#N)(c2ccccc2)c2ccccc2)cc1. The van der Waals surface area contributed by atoms with Gasteiger partial charge in [-0.05, 0) is 67.9 Å². The molecule has 2 heterocycles. The van der Waals surface area contributed by atoms with Crippen molar-refractivity contribution in [3.63, 3.8) is 0 Å². The first-order chi connectivity index (χ1) is 18.1. The molecular formula is C33H35N3O. The number of piperidine rings is 1. The summed E-state index contributed by atoms with van der Waals surface area (Å²) in [5.41, 5.74) is 4.86. The molecule has 2 unspecified atom stereocenters. The molecule has 2 aliphatic heterocycles. The van der Waals surface area contributed by atoms with E-state index in [0.717, 1.165) is 42.5 Å². The largest absolute Gasteiger partial charge is 0.352 e. The molecule has 1 amide bonds. The van der Waals surface area contributed by atoms with Gasteiger partial charge >= 0.3 is 0 Å². The van der Waals surface area contributed by atoms with Crippen LogP contribution in [0.15, 0.2) is 90.5 Å². The van der Waals surface area contributed by atoms with Crippen molar-refractivity contribution in [3.8, 4) is 6.07 Å². The summed E-state index contributed by atoms with van der Waals surface area (Å²) in [6.45, 7) is 3.48. The second kappa shape index (κ2) is 11.2. The highest BCUT2D eigenvalue weighted by Gasteiger charge is 2.41. The van der Waals surface area contributed by atoms with Gasteiger partial charge in [0.25, 0.3) is 5.91 Å². The predicted octanol–water partition coefficient (Wildman–Crippen LogP) is 6.35. The molecule has 0 spiro atoms. The van der Waals surface area contributed by atoms with E-state index in [1.807, 2.05) is 67.6 Å². The van der Waals surface area contributed by atoms with Crippen LogP contribution in [0.5, 0.6) is 0 Å². The number of rotatable bonds is 8. The van der Waals surface area contributed by atoms with E-state index in [-0.39, 0.29) is 5.91 Å². The Hall–Kier alpha value is -3.68. The first-order valence-corrected chi connectivity index (χ1v) is 13.5. The number of hydrogen-bond acceptors (Lipinski definition) is 3. The Morgan fingerprint density at radius 3 is 2.03 bits per heavy atom. The molecule has 37 heavy (non-hydrogen) atoms. The van der Waals surface area contributed by atoms with Gasteiger partial charge in [0.05, 0.1) is 6.07 Å². The van der Waals surface area contributed by atoms with Crippen molar-refractivity contribution >= 4 is 12.0 Å². The fourth-order valence-corrected chi connectivity index (χ4v) is 6.24. The number of amides is 1. The van der Waals surface area contributed by atoms with E-state index in [1.54, 1.807) is 0 Å². The summed E-state index contributed by atoms with van der Waals surface area (Å²) in [4.78, 5) is 14.7. The Morgan fingerprint density at radius 1 is 0.946 bits per heavy atom. The second-order valence-electron chi connectivity index (χ2n) is 10.3. The number of carbonyl (C=O) groups excluding carboxylic acids is 1. The van der Waals surface area contributed by atoms with Crippen LogP contribution in [0.25, 0.3) is 6.08 Å². The number of nitrogens with one attached hydrogen (secondary N) is 1. The van der Waals surface area contributed by atoms with Crippen molar-refractivity contribution in [2.24, 2.45) is 0 Å². The Kier molecular flexibility index (Phi) is 7.53. The summed E-state index contributed by atoms with van der Waals surface area (Å²) in [5.74, 6) is -0.0208. The predicted molar refractivity (Wildman–Crippen MR) is 149 cm³/mol. The first kappa shape index (κ1) is 25.0. The summed E-state index contributed by atoms with van der Waals surface area (Å²) < 4.78 is 0. The summed E-state index contributed by atoms with van der Waals surface area (Å²) in [6, 6.07) is 32.3. The highest BCUT2D eigenvalue weighted by atomic mass is 16.1. The normalized spacial score (nSPS) is 19.3. The monoisotopic (exact) mass is 489 g/mol. The van der Waals surface area contributed by atoms with E-state index in [2.05, 4.69) is 46.6 Å². The summed E-state index contributed by atoms with van der Waals surface area (Å²) >= 11 is 0. The maximum atomic E-state index is 12.1. The Labute approximate surface area is 220 Å². The summed E-state index contributed by atoms with van der Waals surface area (Å²) in [7, 11) is 0. The molecule has 2 atom stereocenters. The number of carbonyl (C=O) groups is 1. The van der Waals surface area contributed by atoms with E-state index in [9.17, 15) is 10.1 Å². The van der Waals surface area contributed by atoms with E-state index in [1.165, 1.54) is 18.4 Å². The van der Waals surface area contributed by atoms with Crippen molar-refractivity contribution in [3.05, 3.63) is 113 Å². The second-order valence-corrected chi connectivity index (χ2v) is 10.3. The molecule has 4 nitrogen and oxygen atoms in total. The minimum Gasteiger partial charge on any atom is -0.352 e. The van der Waals surface area contributed by atoms with Crippen molar-refractivity contribution in [2.45, 2.75) is 56.5 Å². The molecule has 5 rings (SSSR count). The highest BCUT2D eigenvalue weighted by molar-refractivity contribution is 5.94. The number of benzene rings is 3. The van der Waals surface area contributed by atoms with E-state index in [4.69, 9.17) is 0 Å². The van der Waals surface area contributed by atoms with Crippen LogP contribution in [0, 0.1) is 11.3 Å².